The summed E-state index contributed by atoms with van der Waals surface area (Å²) in [4.78, 5) is 25.2. The molecule has 1 aliphatic rings. The minimum atomic E-state index is -0.538. The van der Waals surface area contributed by atoms with E-state index in [4.69, 9.17) is 15.6 Å². The molecule has 2 heterocycles. The zero-order valence-electron chi connectivity index (χ0n) is 20.2. The molecule has 0 saturated heterocycles. The highest BCUT2D eigenvalue weighted by Gasteiger charge is 2.26. The van der Waals surface area contributed by atoms with Crippen LogP contribution in [0.5, 0.6) is 5.75 Å². The summed E-state index contributed by atoms with van der Waals surface area (Å²) in [6.45, 7) is 2.95. The van der Waals surface area contributed by atoms with E-state index in [0.717, 1.165) is 34.4 Å². The van der Waals surface area contributed by atoms with Gasteiger partial charge in [-0.1, -0.05) is 42.5 Å². The largest absolute Gasteiger partial charge is 0.496 e. The highest BCUT2D eigenvalue weighted by Crippen LogP contribution is 2.34. The van der Waals surface area contributed by atoms with Crippen LogP contribution in [-0.4, -0.2) is 28.7 Å². The van der Waals surface area contributed by atoms with Crippen molar-refractivity contribution in [2.75, 3.05) is 12.4 Å². The number of rotatable bonds is 6. The number of ether oxygens (including phenoxy) is 1. The van der Waals surface area contributed by atoms with E-state index >= 15 is 0 Å². The zero-order valence-corrected chi connectivity index (χ0v) is 20.2. The van der Waals surface area contributed by atoms with Gasteiger partial charge in [0.1, 0.15) is 22.8 Å². The molecule has 0 fully saturated rings. The number of methoxy groups -OCH3 is 1. The average molecular weight is 482 g/mol. The van der Waals surface area contributed by atoms with E-state index in [2.05, 4.69) is 16.7 Å². The van der Waals surface area contributed by atoms with Gasteiger partial charge in [0.2, 0.25) is 0 Å². The number of benzene rings is 3. The maximum atomic E-state index is 12.7. The number of para-hydroxylation sites is 2. The second kappa shape index (κ2) is 9.58. The molecule has 4 aromatic rings. The number of aromatic nitrogens is 2. The summed E-state index contributed by atoms with van der Waals surface area (Å²) in [5, 5.41) is 11.1. The number of hydrogen-bond donors (Lipinski definition) is 3. The molecule has 8 nitrogen and oxygen atoms in total. The fraction of sp³-hybridized carbons (Fsp3) is 0.179. The predicted molar refractivity (Wildman–Crippen MR) is 139 cm³/mol. The van der Waals surface area contributed by atoms with Crippen LogP contribution in [0, 0.1) is 6.92 Å². The fourth-order valence-corrected chi connectivity index (χ4v) is 4.54. The van der Waals surface area contributed by atoms with Crippen LogP contribution in [0.4, 0.5) is 11.5 Å². The lowest BCUT2D eigenvalue weighted by molar-refractivity contribution is 0.0946. The van der Waals surface area contributed by atoms with Crippen molar-refractivity contribution in [3.63, 3.8) is 0 Å². The van der Waals surface area contributed by atoms with Gasteiger partial charge in [-0.15, -0.1) is 0 Å². The highest BCUT2D eigenvalue weighted by molar-refractivity contribution is 6.04. The average Bonchev–Trinajstić information content (AvgIpc) is 3.15. The molecule has 8 heteroatoms. The number of amides is 2. The van der Waals surface area contributed by atoms with Crippen LogP contribution in [0.25, 0.3) is 11.3 Å². The normalized spacial score (nSPS) is 12.1. The van der Waals surface area contributed by atoms with Gasteiger partial charge in [0.05, 0.1) is 12.7 Å². The molecule has 182 valence electrons. The third-order valence-electron chi connectivity index (χ3n) is 6.47. The summed E-state index contributed by atoms with van der Waals surface area (Å²) in [5.74, 6) is 0.380. The molecular weight excluding hydrogens is 454 g/mol. The molecular formula is C28H27N5O3. The number of primary amides is 1. The molecule has 0 radical (unpaired) electrons. The molecule has 0 spiro atoms. The molecule has 0 bridgehead atoms. The SMILES string of the molecule is COc1ccccc1C(=O)NCc1ccc(-c2nn3c(c2C(N)=O)Nc2ccccc2CC3)cc1C. The molecule has 4 N–H and O–H groups in total. The van der Waals surface area contributed by atoms with Gasteiger partial charge >= 0.3 is 0 Å². The first-order valence-corrected chi connectivity index (χ1v) is 11.7. The van der Waals surface area contributed by atoms with E-state index in [1.165, 1.54) is 0 Å². The van der Waals surface area contributed by atoms with Gasteiger partial charge in [0, 0.05) is 24.3 Å². The Kier molecular flexibility index (Phi) is 6.16. The van der Waals surface area contributed by atoms with E-state index in [1.54, 1.807) is 25.3 Å². The van der Waals surface area contributed by atoms with Crippen molar-refractivity contribution >= 4 is 23.3 Å². The first kappa shape index (κ1) is 23.2. The van der Waals surface area contributed by atoms with E-state index in [-0.39, 0.29) is 5.91 Å². The summed E-state index contributed by atoms with van der Waals surface area (Å²) >= 11 is 0. The second-order valence-corrected chi connectivity index (χ2v) is 8.72. The van der Waals surface area contributed by atoms with Gasteiger partial charge in [0.15, 0.2) is 0 Å². The van der Waals surface area contributed by atoms with Crippen LogP contribution < -0.4 is 21.1 Å². The van der Waals surface area contributed by atoms with Crippen molar-refractivity contribution in [3.8, 4) is 17.0 Å². The van der Waals surface area contributed by atoms with Gasteiger partial charge in [-0.25, -0.2) is 4.68 Å². The zero-order chi connectivity index (χ0) is 25.2. The summed E-state index contributed by atoms with van der Waals surface area (Å²) in [7, 11) is 1.54. The van der Waals surface area contributed by atoms with Crippen LogP contribution in [0.1, 0.15) is 37.4 Å². The van der Waals surface area contributed by atoms with Gasteiger partial charge in [-0.3, -0.25) is 9.59 Å². The summed E-state index contributed by atoms with van der Waals surface area (Å²) in [6, 6.07) is 20.9. The van der Waals surface area contributed by atoms with Gasteiger partial charge in [-0.2, -0.15) is 5.10 Å². The smallest absolute Gasteiger partial charge is 0.255 e. The summed E-state index contributed by atoms with van der Waals surface area (Å²) < 4.78 is 7.10. The first-order chi connectivity index (χ1) is 17.5. The Morgan fingerprint density at radius 3 is 2.67 bits per heavy atom. The number of carbonyl (C=O) groups excluding carboxylic acids is 2. The van der Waals surface area contributed by atoms with E-state index in [9.17, 15) is 9.59 Å². The Labute approximate surface area is 209 Å². The summed E-state index contributed by atoms with van der Waals surface area (Å²) in [5.41, 5.74) is 12.0. The van der Waals surface area contributed by atoms with Crippen molar-refractivity contribution in [2.45, 2.75) is 26.4 Å². The van der Waals surface area contributed by atoms with Crippen molar-refractivity contribution in [1.82, 2.24) is 15.1 Å². The number of nitrogens with one attached hydrogen (secondary N) is 2. The number of fused-ring (bicyclic) bond motifs is 2. The standard InChI is InChI=1S/C28H27N5O3/c1-17-15-19(11-12-20(17)16-30-28(35)21-8-4-6-10-23(21)36-2)25-24(26(29)34)27-31-22-9-5-3-7-18(22)13-14-33(27)32-25/h3-12,15,31H,13-14,16H2,1-2H3,(H2,29,34)(H,30,35). The molecule has 1 aliphatic heterocycles. The number of nitrogens with zero attached hydrogens (tertiary/aromatic N) is 2. The topological polar surface area (TPSA) is 111 Å². The van der Waals surface area contributed by atoms with E-state index < -0.39 is 5.91 Å². The first-order valence-electron chi connectivity index (χ1n) is 11.7. The Morgan fingerprint density at radius 2 is 1.89 bits per heavy atom. The monoisotopic (exact) mass is 481 g/mol. The number of aryl methyl sites for hydroxylation is 3. The molecule has 3 aromatic carbocycles. The maximum Gasteiger partial charge on any atom is 0.255 e. The van der Waals surface area contributed by atoms with Crippen LogP contribution in [0.3, 0.4) is 0 Å². The molecule has 1 aromatic heterocycles. The third kappa shape index (κ3) is 4.29. The van der Waals surface area contributed by atoms with Gasteiger partial charge in [0.25, 0.3) is 11.8 Å². The minimum Gasteiger partial charge on any atom is -0.496 e. The molecule has 2 amide bonds. The quantitative estimate of drug-likeness (QED) is 0.382. The number of anilines is 2. The Hall–Kier alpha value is -4.59. The highest BCUT2D eigenvalue weighted by atomic mass is 16.5. The lowest BCUT2D eigenvalue weighted by Gasteiger charge is -2.12. The molecule has 0 aliphatic carbocycles. The lowest BCUT2D eigenvalue weighted by atomic mass is 10.0. The molecule has 5 rings (SSSR count). The van der Waals surface area contributed by atoms with Crippen LogP contribution in [-0.2, 0) is 19.5 Å². The molecule has 0 unspecified atom stereocenters. The van der Waals surface area contributed by atoms with E-state index in [0.29, 0.717) is 41.5 Å². The van der Waals surface area contributed by atoms with Crippen molar-refractivity contribution in [3.05, 3.63) is 94.5 Å². The van der Waals surface area contributed by atoms with Crippen molar-refractivity contribution < 1.29 is 14.3 Å². The Morgan fingerprint density at radius 1 is 1.11 bits per heavy atom. The maximum absolute atomic E-state index is 12.7. The third-order valence-corrected chi connectivity index (χ3v) is 6.47. The number of nitrogens with two attached hydrogens (primary N) is 1. The van der Waals surface area contributed by atoms with E-state index in [1.807, 2.05) is 54.1 Å². The molecule has 0 saturated carbocycles. The minimum absolute atomic E-state index is 0.212. The van der Waals surface area contributed by atoms with Crippen molar-refractivity contribution in [1.29, 1.82) is 0 Å². The number of carbonyl (C=O) groups is 2. The van der Waals surface area contributed by atoms with Crippen LogP contribution >= 0.6 is 0 Å². The second-order valence-electron chi connectivity index (χ2n) is 8.72. The number of hydrogen-bond acceptors (Lipinski definition) is 5. The Balaban J connectivity index is 1.41. The van der Waals surface area contributed by atoms with Crippen LogP contribution in [0.2, 0.25) is 0 Å². The predicted octanol–water partition coefficient (Wildman–Crippen LogP) is 4.20. The van der Waals surface area contributed by atoms with Crippen LogP contribution in [0.15, 0.2) is 66.7 Å². The molecule has 0 atom stereocenters. The Bertz CT molecular complexity index is 1470. The van der Waals surface area contributed by atoms with Gasteiger partial charge in [-0.05, 0) is 54.3 Å². The molecule has 36 heavy (non-hydrogen) atoms. The van der Waals surface area contributed by atoms with Crippen molar-refractivity contribution in [2.24, 2.45) is 5.73 Å². The fourth-order valence-electron chi connectivity index (χ4n) is 4.54. The van der Waals surface area contributed by atoms with Gasteiger partial charge < -0.3 is 21.1 Å². The summed E-state index contributed by atoms with van der Waals surface area (Å²) in [6.07, 6.45) is 0.791. The lowest BCUT2D eigenvalue weighted by Crippen LogP contribution is -2.23.